The van der Waals surface area contributed by atoms with Gasteiger partial charge >= 0.3 is 0 Å². The van der Waals surface area contributed by atoms with Gasteiger partial charge < -0.3 is 24.3 Å². The number of rotatable bonds is 1. The number of likely N-dealkylation sites (N-methyl/N-ethyl adjacent to an activating group) is 1. The fraction of sp³-hybridized carbons (Fsp3) is 0.273. The molecule has 3 aliphatic heterocycles. The molecule has 3 aliphatic rings. The Bertz CT molecular complexity index is 1670. The van der Waals surface area contributed by atoms with Gasteiger partial charge in [-0.15, -0.1) is 0 Å². The maximum Gasteiger partial charge on any atom is 0.245 e. The molecule has 3 aromatic rings. The largest absolute Gasteiger partial charge is 0.454 e. The summed E-state index contributed by atoms with van der Waals surface area (Å²) in [6.45, 7) is -3.18. The molecule has 2 amide bonds. The normalized spacial score (nSPS) is 32.0. The maximum absolute atomic E-state index is 13.5. The zero-order valence-electron chi connectivity index (χ0n) is 25.0. The number of aromatic nitrogens is 1. The van der Waals surface area contributed by atoms with E-state index in [1.165, 1.54) is 7.05 Å². The second-order valence-electron chi connectivity index (χ2n) is 6.95. The number of nitrogens with zero attached hydrogens (tertiary/aromatic N) is 2. The number of piperazine rings is 1. The number of hydrogen-bond donors (Lipinski definition) is 1. The van der Waals surface area contributed by atoms with Crippen molar-refractivity contribution in [2.24, 2.45) is 0 Å². The third kappa shape index (κ3) is 2.24. The van der Waals surface area contributed by atoms with Gasteiger partial charge in [0.25, 0.3) is 0 Å². The maximum atomic E-state index is 13.5. The average molecular weight is 399 g/mol. The van der Waals surface area contributed by atoms with E-state index in [0.717, 1.165) is 9.80 Å². The van der Waals surface area contributed by atoms with Crippen LogP contribution in [-0.2, 0) is 16.0 Å². The molecule has 6 rings (SSSR count). The number of carbonyl (C=O) groups is 2. The molecule has 0 radical (unpaired) electrons. The summed E-state index contributed by atoms with van der Waals surface area (Å²) in [6, 6.07) is -8.06. The first-order valence-electron chi connectivity index (χ1n) is 13.8. The third-order valence-corrected chi connectivity index (χ3v) is 5.30. The number of aromatic amines is 1. The van der Waals surface area contributed by atoms with Crippen LogP contribution in [0.15, 0.2) is 42.3 Å². The molecule has 4 heterocycles. The van der Waals surface area contributed by atoms with Crippen LogP contribution in [0.4, 0.5) is 0 Å². The van der Waals surface area contributed by atoms with E-state index in [-0.39, 0.29) is 28.6 Å². The molecule has 146 valence electrons. The smallest absolute Gasteiger partial charge is 0.245 e. The van der Waals surface area contributed by atoms with E-state index in [1.54, 1.807) is 0 Å². The Morgan fingerprint density at radius 2 is 2.03 bits per heavy atom. The van der Waals surface area contributed by atoms with Crippen molar-refractivity contribution in [3.8, 4) is 11.5 Å². The van der Waals surface area contributed by atoms with Crippen LogP contribution in [0.1, 0.15) is 36.5 Å². The Kier molecular flexibility index (Phi) is 1.86. The minimum atomic E-state index is -2.76. The second kappa shape index (κ2) is 5.76. The van der Waals surface area contributed by atoms with Crippen molar-refractivity contribution in [2.75, 3.05) is 20.3 Å². The number of H-pyrrole nitrogens is 1. The van der Waals surface area contributed by atoms with E-state index >= 15 is 0 Å². The van der Waals surface area contributed by atoms with Gasteiger partial charge in [0.1, 0.15) is 8.78 Å². The summed E-state index contributed by atoms with van der Waals surface area (Å²) in [5.74, 6) is -2.35. The summed E-state index contributed by atoms with van der Waals surface area (Å²) in [6.07, 6.45) is -0.214. The van der Waals surface area contributed by atoms with E-state index in [0.29, 0.717) is 0 Å². The molecule has 7 heteroatoms. The number of nitrogens with one attached hydrogen (secondary N) is 1. The van der Waals surface area contributed by atoms with Gasteiger partial charge in [0.2, 0.25) is 18.6 Å². The number of carbonyl (C=O) groups excluding carboxylic acids is 2. The Hall–Kier alpha value is -3.48. The predicted molar refractivity (Wildman–Crippen MR) is 105 cm³/mol. The minimum Gasteiger partial charge on any atom is -0.454 e. The number of benzene rings is 2. The molecule has 2 atom stereocenters. The lowest BCUT2D eigenvalue weighted by Crippen LogP contribution is -2.62. The molecule has 1 N–H and O–H groups in total. The first-order chi connectivity index (χ1) is 18.1. The van der Waals surface area contributed by atoms with Gasteiger partial charge in [-0.2, -0.15) is 0 Å². The fourth-order valence-electron chi connectivity index (χ4n) is 4.02. The van der Waals surface area contributed by atoms with Gasteiger partial charge in [-0.25, -0.2) is 0 Å². The molecule has 1 fully saturated rings. The van der Waals surface area contributed by atoms with E-state index < -0.39 is 96.5 Å². The lowest BCUT2D eigenvalue weighted by molar-refractivity contribution is -0.157. The van der Waals surface area contributed by atoms with Crippen LogP contribution in [0.5, 0.6) is 11.5 Å². The average Bonchev–Trinajstić information content (AvgIpc) is 3.41. The highest BCUT2D eigenvalue weighted by molar-refractivity contribution is 5.97. The predicted octanol–water partition coefficient (Wildman–Crippen LogP) is 2.21. The van der Waals surface area contributed by atoms with Crippen LogP contribution >= 0.6 is 0 Å². The first-order valence-corrected chi connectivity index (χ1v) is 8.82. The number of hydrogen-bond acceptors (Lipinski definition) is 4. The van der Waals surface area contributed by atoms with E-state index in [1.807, 2.05) is 0 Å². The van der Waals surface area contributed by atoms with E-state index in [9.17, 15) is 11.0 Å². The van der Waals surface area contributed by atoms with Crippen LogP contribution in [0.3, 0.4) is 0 Å². The highest BCUT2D eigenvalue weighted by Crippen LogP contribution is 2.44. The van der Waals surface area contributed by atoms with Gasteiger partial charge in [0, 0.05) is 30.1 Å². The Morgan fingerprint density at radius 1 is 1.21 bits per heavy atom. The molecular formula is C22H19N3O4. The lowest BCUT2D eigenvalue weighted by atomic mass is 9.86. The van der Waals surface area contributed by atoms with Crippen molar-refractivity contribution in [3.05, 3.63) is 59.1 Å². The van der Waals surface area contributed by atoms with Crippen LogP contribution in [0, 0.1) is 0 Å². The molecule has 1 aromatic heterocycles. The highest BCUT2D eigenvalue weighted by Gasteiger charge is 2.47. The van der Waals surface area contributed by atoms with Crippen LogP contribution < -0.4 is 9.47 Å². The molecule has 0 unspecified atom stereocenters. The second-order valence-corrected chi connectivity index (χ2v) is 6.95. The zero-order valence-corrected chi connectivity index (χ0v) is 15.0. The highest BCUT2D eigenvalue weighted by atomic mass is 16.7. The number of ether oxygens (including phenoxy) is 2. The van der Waals surface area contributed by atoms with Crippen molar-refractivity contribution in [3.63, 3.8) is 0 Å². The van der Waals surface area contributed by atoms with Gasteiger partial charge in [0.15, 0.2) is 11.5 Å². The zero-order chi connectivity index (χ0) is 28.5. The lowest BCUT2D eigenvalue weighted by Gasteiger charge is -2.46. The molecule has 2 aromatic carbocycles. The number of para-hydroxylation sites is 1. The summed E-state index contributed by atoms with van der Waals surface area (Å²) >= 11 is 0. The summed E-state index contributed by atoms with van der Waals surface area (Å²) in [5, 5.41) is 0.00184. The van der Waals surface area contributed by atoms with Crippen LogP contribution in [-0.4, -0.2) is 53.0 Å². The fourth-order valence-corrected chi connectivity index (χ4v) is 4.02. The molecule has 0 aliphatic carbocycles. The summed E-state index contributed by atoms with van der Waals surface area (Å²) in [5.41, 5.74) is -0.708. The van der Waals surface area contributed by atoms with Crippen molar-refractivity contribution in [1.82, 2.24) is 14.8 Å². The van der Waals surface area contributed by atoms with E-state index in [2.05, 4.69) is 4.98 Å². The van der Waals surface area contributed by atoms with Crippen molar-refractivity contribution < 1.29 is 32.8 Å². The monoisotopic (exact) mass is 399 g/mol. The SMILES string of the molecule is [2H]c1c([2H])c([C@]2([2H])c3[nH]c4c([2H])c([2H])c([2H])c([2H])c4c3C[C@@H]3C(=O)N(C)CC(=O)N32)c([2H])c2c1OC([2H])([2H])O2. The quantitative estimate of drug-likeness (QED) is 0.681. The topological polar surface area (TPSA) is 74.9 Å². The molecule has 0 spiro atoms. The Balaban J connectivity index is 1.76. The minimum absolute atomic E-state index is 0.00184. The van der Waals surface area contributed by atoms with Crippen LogP contribution in [0.25, 0.3) is 10.9 Å². The number of fused-ring (bicyclic) bond motifs is 5. The van der Waals surface area contributed by atoms with Crippen LogP contribution in [0.2, 0.25) is 0 Å². The van der Waals surface area contributed by atoms with Gasteiger partial charge in [0.05, 0.1) is 23.5 Å². The molecule has 7 nitrogen and oxygen atoms in total. The molecule has 0 saturated carbocycles. The Morgan fingerprint density at radius 3 is 2.93 bits per heavy atom. The molecule has 1 saturated heterocycles. The summed E-state index contributed by atoms with van der Waals surface area (Å²) < 4.78 is 94.4. The van der Waals surface area contributed by atoms with Gasteiger partial charge in [-0.05, 0) is 29.3 Å². The number of amides is 2. The molecular weight excluding hydrogens is 370 g/mol. The van der Waals surface area contributed by atoms with Gasteiger partial charge in [-0.1, -0.05) is 24.2 Å². The summed E-state index contributed by atoms with van der Waals surface area (Å²) in [7, 11) is 1.40. The van der Waals surface area contributed by atoms with Crippen molar-refractivity contribution in [1.29, 1.82) is 0 Å². The molecule has 29 heavy (non-hydrogen) atoms. The third-order valence-electron chi connectivity index (χ3n) is 5.30. The Labute approximate surface area is 180 Å². The van der Waals surface area contributed by atoms with Crippen molar-refractivity contribution in [2.45, 2.75) is 18.5 Å². The molecule has 0 bridgehead atoms. The van der Waals surface area contributed by atoms with Gasteiger partial charge in [-0.3, -0.25) is 9.59 Å². The van der Waals surface area contributed by atoms with E-state index in [4.69, 9.17) is 21.8 Å². The summed E-state index contributed by atoms with van der Waals surface area (Å²) in [4.78, 5) is 31.7. The standard InChI is InChI=1S/C22H19N3O4/c1-24-10-19(26)25-16(22(24)27)9-14-13-4-2-3-5-15(13)23-20(14)21(25)12-6-7-17-18(8-12)29-11-28-17/h2-8,16,21,23H,9-11H2,1H3/t16-,21-/m1/s1/i2D,3D,4D,5D,6D,7D,8D,11D2,21D. The van der Waals surface area contributed by atoms with Crippen molar-refractivity contribution >= 4 is 22.7 Å². The first kappa shape index (κ1) is 9.35.